The van der Waals surface area contributed by atoms with Crippen molar-refractivity contribution in [3.8, 4) is 5.75 Å². The summed E-state index contributed by atoms with van der Waals surface area (Å²) in [4.78, 5) is 3.61. The van der Waals surface area contributed by atoms with Crippen molar-refractivity contribution in [1.29, 1.82) is 0 Å². The van der Waals surface area contributed by atoms with Gasteiger partial charge in [0.15, 0.2) is 0 Å². The summed E-state index contributed by atoms with van der Waals surface area (Å²) < 4.78 is 29.7. The number of nitrogens with zero attached hydrogens (tertiary/aromatic N) is 1. The van der Waals surface area contributed by atoms with E-state index in [2.05, 4.69) is 20.9 Å². The average molecular weight is 238 g/mol. The molecule has 0 unspecified atom stereocenters. The zero-order valence-corrected chi connectivity index (χ0v) is 7.81. The first kappa shape index (κ1) is 9.38. The predicted octanol–water partition coefficient (Wildman–Crippen LogP) is 2.79. The van der Waals surface area contributed by atoms with Crippen LogP contribution in [-0.4, -0.2) is 12.1 Å². The number of hydrogen-bond donors (Lipinski definition) is 0. The SMILES string of the molecule is COc1c(Br)cncc1C(F)F. The fourth-order valence-electron chi connectivity index (χ4n) is 0.809. The first-order chi connectivity index (χ1) is 5.66. The lowest BCUT2D eigenvalue weighted by Gasteiger charge is -2.07. The Hall–Kier alpha value is -0.710. The van der Waals surface area contributed by atoms with Crippen LogP contribution in [0.1, 0.15) is 12.0 Å². The van der Waals surface area contributed by atoms with Gasteiger partial charge in [-0.3, -0.25) is 4.98 Å². The Bertz CT molecular complexity index is 280. The van der Waals surface area contributed by atoms with Crippen molar-refractivity contribution in [3.05, 3.63) is 22.4 Å². The molecule has 12 heavy (non-hydrogen) atoms. The van der Waals surface area contributed by atoms with Crippen molar-refractivity contribution in [2.24, 2.45) is 0 Å². The molecule has 5 heteroatoms. The van der Waals surface area contributed by atoms with Crippen molar-refractivity contribution in [1.82, 2.24) is 4.98 Å². The summed E-state index contributed by atoms with van der Waals surface area (Å²) in [5, 5.41) is 0. The number of alkyl halides is 2. The van der Waals surface area contributed by atoms with E-state index in [1.165, 1.54) is 13.3 Å². The van der Waals surface area contributed by atoms with Crippen molar-refractivity contribution in [3.63, 3.8) is 0 Å². The molecule has 1 rings (SSSR count). The predicted molar refractivity (Wildman–Crippen MR) is 43.4 cm³/mol. The molecular weight excluding hydrogens is 232 g/mol. The lowest BCUT2D eigenvalue weighted by Crippen LogP contribution is -1.94. The molecule has 0 radical (unpaired) electrons. The summed E-state index contributed by atoms with van der Waals surface area (Å²) in [6.07, 6.45) is -0.0659. The third-order valence-electron chi connectivity index (χ3n) is 1.32. The Balaban J connectivity index is 3.18. The maximum Gasteiger partial charge on any atom is 0.268 e. The van der Waals surface area contributed by atoms with Gasteiger partial charge in [-0.2, -0.15) is 0 Å². The molecule has 0 saturated carbocycles. The lowest BCUT2D eigenvalue weighted by atomic mass is 10.3. The van der Waals surface area contributed by atoms with Crippen LogP contribution in [0.5, 0.6) is 5.75 Å². The molecule has 0 aliphatic heterocycles. The van der Waals surface area contributed by atoms with Crippen LogP contribution in [-0.2, 0) is 0 Å². The molecule has 0 amide bonds. The van der Waals surface area contributed by atoms with Crippen LogP contribution in [0.15, 0.2) is 16.9 Å². The summed E-state index contributed by atoms with van der Waals surface area (Å²) in [6.45, 7) is 0. The molecule has 66 valence electrons. The summed E-state index contributed by atoms with van der Waals surface area (Å²) in [5.41, 5.74) is -0.202. The molecule has 2 nitrogen and oxygen atoms in total. The Morgan fingerprint density at radius 3 is 2.58 bits per heavy atom. The van der Waals surface area contributed by atoms with Crippen LogP contribution < -0.4 is 4.74 Å². The van der Waals surface area contributed by atoms with Crippen molar-refractivity contribution in [2.75, 3.05) is 7.11 Å². The largest absolute Gasteiger partial charge is 0.495 e. The standard InChI is InChI=1S/C7H6BrF2NO/c1-12-6-4(7(9)10)2-11-3-5(6)8/h2-3,7H,1H3. The van der Waals surface area contributed by atoms with E-state index >= 15 is 0 Å². The minimum absolute atomic E-state index is 0.139. The highest BCUT2D eigenvalue weighted by Crippen LogP contribution is 2.33. The van der Waals surface area contributed by atoms with E-state index in [0.29, 0.717) is 4.47 Å². The smallest absolute Gasteiger partial charge is 0.268 e. The Morgan fingerprint density at radius 2 is 2.17 bits per heavy atom. The molecule has 0 bridgehead atoms. The molecular formula is C7H6BrF2NO. The van der Waals surface area contributed by atoms with Crippen LogP contribution in [0.4, 0.5) is 8.78 Å². The van der Waals surface area contributed by atoms with E-state index < -0.39 is 6.43 Å². The molecule has 0 fully saturated rings. The van der Waals surface area contributed by atoms with Gasteiger partial charge in [0.05, 0.1) is 17.1 Å². The van der Waals surface area contributed by atoms with Gasteiger partial charge in [0.2, 0.25) is 0 Å². The summed E-state index contributed by atoms with van der Waals surface area (Å²) in [6, 6.07) is 0. The zero-order chi connectivity index (χ0) is 9.14. The van der Waals surface area contributed by atoms with Crippen molar-refractivity contribution >= 4 is 15.9 Å². The van der Waals surface area contributed by atoms with Gasteiger partial charge in [0.1, 0.15) is 5.75 Å². The molecule has 0 aliphatic carbocycles. The number of rotatable bonds is 2. The quantitative estimate of drug-likeness (QED) is 0.790. The fourth-order valence-corrected chi connectivity index (χ4v) is 1.32. The van der Waals surface area contributed by atoms with Crippen LogP contribution in [0, 0.1) is 0 Å². The van der Waals surface area contributed by atoms with E-state index in [4.69, 9.17) is 4.74 Å². The van der Waals surface area contributed by atoms with E-state index in [1.54, 1.807) is 0 Å². The second kappa shape index (κ2) is 3.80. The molecule has 0 N–H and O–H groups in total. The van der Waals surface area contributed by atoms with E-state index in [1.807, 2.05) is 0 Å². The van der Waals surface area contributed by atoms with Gasteiger partial charge >= 0.3 is 0 Å². The first-order valence-corrected chi connectivity index (χ1v) is 3.91. The highest BCUT2D eigenvalue weighted by molar-refractivity contribution is 9.10. The molecule has 0 spiro atoms. The highest BCUT2D eigenvalue weighted by Gasteiger charge is 2.16. The average Bonchev–Trinajstić information content (AvgIpc) is 2.03. The van der Waals surface area contributed by atoms with E-state index in [0.717, 1.165) is 6.20 Å². The van der Waals surface area contributed by atoms with Gasteiger partial charge < -0.3 is 4.74 Å². The van der Waals surface area contributed by atoms with Crippen LogP contribution in [0.25, 0.3) is 0 Å². The topological polar surface area (TPSA) is 22.1 Å². The second-order valence-electron chi connectivity index (χ2n) is 2.04. The molecule has 1 heterocycles. The number of halogens is 3. The normalized spacial score (nSPS) is 10.4. The minimum Gasteiger partial charge on any atom is -0.495 e. The Kier molecular flexibility index (Phi) is 2.97. The van der Waals surface area contributed by atoms with Gasteiger partial charge in [0, 0.05) is 12.4 Å². The molecule has 0 aromatic carbocycles. The maximum absolute atomic E-state index is 12.3. The van der Waals surface area contributed by atoms with Gasteiger partial charge in [-0.25, -0.2) is 8.78 Å². The third-order valence-corrected chi connectivity index (χ3v) is 1.88. The number of ether oxygens (including phenoxy) is 1. The van der Waals surface area contributed by atoms with Gasteiger partial charge in [-0.15, -0.1) is 0 Å². The monoisotopic (exact) mass is 237 g/mol. The Morgan fingerprint density at radius 1 is 1.50 bits per heavy atom. The zero-order valence-electron chi connectivity index (χ0n) is 6.22. The van der Waals surface area contributed by atoms with E-state index in [-0.39, 0.29) is 11.3 Å². The molecule has 0 saturated heterocycles. The van der Waals surface area contributed by atoms with Gasteiger partial charge in [0.25, 0.3) is 6.43 Å². The van der Waals surface area contributed by atoms with Gasteiger partial charge in [-0.1, -0.05) is 0 Å². The minimum atomic E-state index is -2.56. The fraction of sp³-hybridized carbons (Fsp3) is 0.286. The third kappa shape index (κ3) is 1.72. The number of aromatic nitrogens is 1. The highest BCUT2D eigenvalue weighted by atomic mass is 79.9. The summed E-state index contributed by atoms with van der Waals surface area (Å²) >= 11 is 3.05. The number of pyridine rings is 1. The molecule has 0 aliphatic rings. The maximum atomic E-state index is 12.3. The van der Waals surface area contributed by atoms with Crippen molar-refractivity contribution < 1.29 is 13.5 Å². The van der Waals surface area contributed by atoms with Crippen molar-refractivity contribution in [2.45, 2.75) is 6.43 Å². The van der Waals surface area contributed by atoms with Crippen LogP contribution >= 0.6 is 15.9 Å². The summed E-state index contributed by atoms with van der Waals surface area (Å²) in [7, 11) is 1.34. The van der Waals surface area contributed by atoms with Crippen LogP contribution in [0.3, 0.4) is 0 Å². The van der Waals surface area contributed by atoms with Gasteiger partial charge in [-0.05, 0) is 15.9 Å². The first-order valence-electron chi connectivity index (χ1n) is 3.12. The summed E-state index contributed by atoms with van der Waals surface area (Å²) in [5.74, 6) is 0.139. The Labute approximate surface area is 76.7 Å². The number of hydrogen-bond acceptors (Lipinski definition) is 2. The molecule has 1 aromatic rings. The molecule has 1 aromatic heterocycles. The van der Waals surface area contributed by atoms with E-state index in [9.17, 15) is 8.78 Å². The molecule has 0 atom stereocenters. The second-order valence-corrected chi connectivity index (χ2v) is 2.90. The number of methoxy groups -OCH3 is 1. The van der Waals surface area contributed by atoms with Crippen LogP contribution in [0.2, 0.25) is 0 Å². The lowest BCUT2D eigenvalue weighted by molar-refractivity contribution is 0.146.